The van der Waals surface area contributed by atoms with Crippen molar-refractivity contribution in [1.29, 1.82) is 0 Å². The normalized spacial score (nSPS) is 9.38. The van der Waals surface area contributed by atoms with Crippen molar-refractivity contribution in [2.75, 3.05) is 18.1 Å². The summed E-state index contributed by atoms with van der Waals surface area (Å²) in [6.07, 6.45) is 3.24. The quantitative estimate of drug-likeness (QED) is 0.800. The minimum Gasteiger partial charge on any atom is -0.330 e. The molecule has 0 fully saturated rings. The van der Waals surface area contributed by atoms with Crippen LogP contribution in [-0.4, -0.2) is 18.7 Å². The lowest BCUT2D eigenvalue weighted by Crippen LogP contribution is -2.13. The van der Waals surface area contributed by atoms with Crippen LogP contribution in [0.1, 0.15) is 12.8 Å². The van der Waals surface area contributed by atoms with E-state index in [1.807, 2.05) is 30.5 Å². The van der Waals surface area contributed by atoms with E-state index in [1.54, 1.807) is 11.8 Å². The molecule has 0 bridgehead atoms. The van der Waals surface area contributed by atoms with Crippen LogP contribution in [0.2, 0.25) is 0 Å². The molecule has 1 aromatic carbocycles. The summed E-state index contributed by atoms with van der Waals surface area (Å²) in [4.78, 5) is 12.5. The van der Waals surface area contributed by atoms with E-state index in [9.17, 15) is 4.79 Å². The second kappa shape index (κ2) is 8.44. The summed E-state index contributed by atoms with van der Waals surface area (Å²) in [5, 5.41) is 2.82. The van der Waals surface area contributed by atoms with E-state index >= 15 is 0 Å². The molecule has 0 aliphatic heterocycles. The highest BCUT2D eigenvalue weighted by atomic mass is 35.5. The van der Waals surface area contributed by atoms with Gasteiger partial charge in [0, 0.05) is 17.0 Å². The first kappa shape index (κ1) is 15.3. The van der Waals surface area contributed by atoms with Gasteiger partial charge in [0.15, 0.2) is 0 Å². The number of hydrogen-bond donors (Lipinski definition) is 2. The summed E-state index contributed by atoms with van der Waals surface area (Å²) < 4.78 is 0. The highest BCUT2D eigenvalue weighted by molar-refractivity contribution is 7.98. The van der Waals surface area contributed by atoms with Crippen LogP contribution in [0.5, 0.6) is 0 Å². The molecule has 1 amide bonds. The lowest BCUT2D eigenvalue weighted by Gasteiger charge is -2.05. The zero-order valence-corrected chi connectivity index (χ0v) is 10.9. The van der Waals surface area contributed by atoms with Crippen molar-refractivity contribution in [3.05, 3.63) is 24.3 Å². The fourth-order valence-electron chi connectivity index (χ4n) is 1.16. The first-order chi connectivity index (χ1) is 7.26. The van der Waals surface area contributed by atoms with Crippen molar-refractivity contribution in [2.24, 2.45) is 5.73 Å². The molecular weight excluding hydrogens is 244 g/mol. The van der Waals surface area contributed by atoms with Crippen molar-refractivity contribution < 1.29 is 4.79 Å². The Bertz CT molecular complexity index is 316. The fourth-order valence-corrected chi connectivity index (χ4v) is 1.57. The highest BCUT2D eigenvalue weighted by Crippen LogP contribution is 2.17. The zero-order valence-electron chi connectivity index (χ0n) is 9.23. The van der Waals surface area contributed by atoms with Crippen LogP contribution >= 0.6 is 24.2 Å². The maximum absolute atomic E-state index is 11.4. The van der Waals surface area contributed by atoms with Gasteiger partial charge in [-0.3, -0.25) is 4.79 Å². The van der Waals surface area contributed by atoms with Crippen LogP contribution in [0.4, 0.5) is 5.69 Å². The van der Waals surface area contributed by atoms with Gasteiger partial charge in [0.2, 0.25) is 5.91 Å². The number of carbonyl (C=O) groups excluding carboxylic acids is 1. The summed E-state index contributed by atoms with van der Waals surface area (Å²) >= 11 is 1.68. The number of benzene rings is 1. The Kier molecular flexibility index (Phi) is 8.07. The molecule has 3 N–H and O–H groups in total. The van der Waals surface area contributed by atoms with E-state index in [1.165, 1.54) is 4.90 Å². The summed E-state index contributed by atoms with van der Waals surface area (Å²) in [5.74, 6) is 0.0253. The number of rotatable bonds is 5. The standard InChI is InChI=1S/C11H16N2OS.ClH/c1-15-10-6-4-9(5-7-10)13-11(14)3-2-8-12;/h4-7H,2-3,8,12H2,1H3,(H,13,14);1H. The van der Waals surface area contributed by atoms with E-state index < -0.39 is 0 Å². The number of amides is 1. The average molecular weight is 261 g/mol. The van der Waals surface area contributed by atoms with Gasteiger partial charge in [0.05, 0.1) is 0 Å². The van der Waals surface area contributed by atoms with E-state index in [4.69, 9.17) is 5.73 Å². The molecule has 0 saturated heterocycles. The van der Waals surface area contributed by atoms with Crippen LogP contribution in [0.15, 0.2) is 29.2 Å². The molecule has 0 heterocycles. The van der Waals surface area contributed by atoms with Gasteiger partial charge in [0.1, 0.15) is 0 Å². The van der Waals surface area contributed by atoms with Crippen molar-refractivity contribution >= 4 is 35.8 Å². The summed E-state index contributed by atoms with van der Waals surface area (Å²) in [7, 11) is 0. The van der Waals surface area contributed by atoms with Gasteiger partial charge in [-0.05, 0) is 43.5 Å². The highest BCUT2D eigenvalue weighted by Gasteiger charge is 2.00. The van der Waals surface area contributed by atoms with Gasteiger partial charge in [-0.25, -0.2) is 0 Å². The molecule has 1 rings (SSSR count). The van der Waals surface area contributed by atoms with Crippen molar-refractivity contribution in [3.63, 3.8) is 0 Å². The average Bonchev–Trinajstić information content (AvgIpc) is 2.27. The maximum Gasteiger partial charge on any atom is 0.224 e. The van der Waals surface area contributed by atoms with Gasteiger partial charge >= 0.3 is 0 Å². The topological polar surface area (TPSA) is 55.1 Å². The molecular formula is C11H17ClN2OS. The van der Waals surface area contributed by atoms with Crippen molar-refractivity contribution in [3.8, 4) is 0 Å². The Morgan fingerprint density at radius 1 is 1.38 bits per heavy atom. The minimum absolute atomic E-state index is 0. The lowest BCUT2D eigenvalue weighted by atomic mass is 10.2. The molecule has 90 valence electrons. The van der Waals surface area contributed by atoms with Crippen LogP contribution in [0.25, 0.3) is 0 Å². The lowest BCUT2D eigenvalue weighted by molar-refractivity contribution is -0.116. The molecule has 3 nitrogen and oxygen atoms in total. The summed E-state index contributed by atoms with van der Waals surface area (Å²) in [5.41, 5.74) is 6.17. The van der Waals surface area contributed by atoms with Gasteiger partial charge < -0.3 is 11.1 Å². The van der Waals surface area contributed by atoms with E-state index in [0.717, 1.165) is 12.1 Å². The number of carbonyl (C=O) groups is 1. The molecule has 0 aliphatic rings. The monoisotopic (exact) mass is 260 g/mol. The van der Waals surface area contributed by atoms with Crippen molar-refractivity contribution in [2.45, 2.75) is 17.7 Å². The maximum atomic E-state index is 11.4. The van der Waals surface area contributed by atoms with Crippen LogP contribution < -0.4 is 11.1 Å². The predicted octanol–water partition coefficient (Wildman–Crippen LogP) is 2.51. The number of thioether (sulfide) groups is 1. The van der Waals surface area contributed by atoms with Crippen LogP contribution in [-0.2, 0) is 4.79 Å². The number of anilines is 1. The fraction of sp³-hybridized carbons (Fsp3) is 0.364. The number of nitrogens with one attached hydrogen (secondary N) is 1. The second-order valence-corrected chi connectivity index (χ2v) is 4.05. The molecule has 0 spiro atoms. The number of nitrogens with two attached hydrogens (primary N) is 1. The molecule has 5 heteroatoms. The van der Waals surface area contributed by atoms with Gasteiger partial charge in [-0.1, -0.05) is 0 Å². The SMILES string of the molecule is CSc1ccc(NC(=O)CCCN)cc1.Cl. The predicted molar refractivity (Wildman–Crippen MR) is 72.4 cm³/mol. The van der Waals surface area contributed by atoms with E-state index in [2.05, 4.69) is 5.32 Å². The Hall–Kier alpha value is -0.710. The van der Waals surface area contributed by atoms with Crippen molar-refractivity contribution in [1.82, 2.24) is 0 Å². The number of hydrogen-bond acceptors (Lipinski definition) is 3. The molecule has 0 atom stereocenters. The van der Waals surface area contributed by atoms with Gasteiger partial charge in [-0.2, -0.15) is 0 Å². The van der Waals surface area contributed by atoms with Crippen LogP contribution in [0, 0.1) is 0 Å². The first-order valence-corrected chi connectivity index (χ1v) is 6.12. The van der Waals surface area contributed by atoms with E-state index in [0.29, 0.717) is 13.0 Å². The Morgan fingerprint density at radius 2 is 2.00 bits per heavy atom. The Balaban J connectivity index is 0.00000225. The molecule has 0 saturated carbocycles. The third-order valence-electron chi connectivity index (χ3n) is 1.98. The summed E-state index contributed by atoms with van der Waals surface area (Å²) in [6, 6.07) is 7.80. The zero-order chi connectivity index (χ0) is 11.1. The Morgan fingerprint density at radius 3 is 2.50 bits per heavy atom. The third kappa shape index (κ3) is 5.39. The molecule has 0 radical (unpaired) electrons. The van der Waals surface area contributed by atoms with Gasteiger partial charge in [-0.15, -0.1) is 24.2 Å². The minimum atomic E-state index is 0. The first-order valence-electron chi connectivity index (χ1n) is 4.90. The molecule has 0 unspecified atom stereocenters. The number of halogens is 1. The molecule has 0 aliphatic carbocycles. The molecule has 0 aromatic heterocycles. The smallest absolute Gasteiger partial charge is 0.224 e. The third-order valence-corrected chi connectivity index (χ3v) is 2.73. The largest absolute Gasteiger partial charge is 0.330 e. The summed E-state index contributed by atoms with van der Waals surface area (Å²) in [6.45, 7) is 0.554. The van der Waals surface area contributed by atoms with Gasteiger partial charge in [0.25, 0.3) is 0 Å². The molecule has 16 heavy (non-hydrogen) atoms. The second-order valence-electron chi connectivity index (χ2n) is 3.17. The molecule has 1 aromatic rings. The Labute approximate surface area is 107 Å². The van der Waals surface area contributed by atoms with E-state index in [-0.39, 0.29) is 18.3 Å². The van der Waals surface area contributed by atoms with Crippen LogP contribution in [0.3, 0.4) is 0 Å².